The lowest BCUT2D eigenvalue weighted by Crippen LogP contribution is -2.29. The Hall–Kier alpha value is -1.07. The third-order valence-electron chi connectivity index (χ3n) is 3.25. The topological polar surface area (TPSA) is 42.3 Å². The number of aromatic nitrogens is 2. The lowest BCUT2D eigenvalue weighted by atomic mass is 10.4. The number of imidazole rings is 1. The van der Waals surface area contributed by atoms with Crippen LogP contribution in [0.2, 0.25) is 0 Å². The van der Waals surface area contributed by atoms with Crippen molar-refractivity contribution in [2.45, 2.75) is 33.7 Å². The molecule has 1 N–H and O–H groups in total. The molecule has 1 aromatic heterocycles. The van der Waals surface area contributed by atoms with Crippen molar-refractivity contribution >= 4 is 5.95 Å². The summed E-state index contributed by atoms with van der Waals surface area (Å²) in [7, 11) is 1.74. The van der Waals surface area contributed by atoms with E-state index in [4.69, 9.17) is 4.74 Å². The first-order chi connectivity index (χ1) is 9.21. The minimum absolute atomic E-state index is 0.788. The second kappa shape index (κ2) is 8.93. The molecule has 110 valence electrons. The summed E-state index contributed by atoms with van der Waals surface area (Å²) in [4.78, 5) is 6.93. The fourth-order valence-corrected chi connectivity index (χ4v) is 2.10. The number of hydrogen-bond acceptors (Lipinski definition) is 4. The minimum atomic E-state index is 0.788. The zero-order chi connectivity index (χ0) is 14.1. The van der Waals surface area contributed by atoms with Crippen LogP contribution in [0.25, 0.3) is 0 Å². The summed E-state index contributed by atoms with van der Waals surface area (Å²) in [6, 6.07) is 0. The van der Waals surface area contributed by atoms with Crippen LogP contribution in [0.4, 0.5) is 5.95 Å². The van der Waals surface area contributed by atoms with Gasteiger partial charge in [0.25, 0.3) is 0 Å². The fraction of sp³-hybridized carbons (Fsp3) is 0.786. The van der Waals surface area contributed by atoms with Gasteiger partial charge in [0.15, 0.2) is 0 Å². The highest BCUT2D eigenvalue weighted by atomic mass is 16.5. The molecule has 1 heterocycles. The van der Waals surface area contributed by atoms with E-state index in [0.717, 1.165) is 57.4 Å². The highest BCUT2D eigenvalue weighted by Crippen LogP contribution is 2.09. The molecule has 0 aliphatic rings. The summed E-state index contributed by atoms with van der Waals surface area (Å²) in [5.74, 6) is 0.973. The van der Waals surface area contributed by atoms with E-state index in [0.29, 0.717) is 0 Å². The number of nitrogens with zero attached hydrogens (tertiary/aromatic N) is 3. The molecule has 0 spiro atoms. The number of aryl methyl sites for hydroxylation is 2. The molecule has 0 aliphatic heterocycles. The maximum absolute atomic E-state index is 5.09. The zero-order valence-corrected chi connectivity index (χ0v) is 12.8. The van der Waals surface area contributed by atoms with Crippen LogP contribution < -0.4 is 5.32 Å². The summed E-state index contributed by atoms with van der Waals surface area (Å²) < 4.78 is 7.27. The van der Waals surface area contributed by atoms with Gasteiger partial charge in [-0.05, 0) is 26.4 Å². The van der Waals surface area contributed by atoms with Crippen LogP contribution in [-0.4, -0.2) is 54.3 Å². The van der Waals surface area contributed by atoms with Gasteiger partial charge in [-0.3, -0.25) is 0 Å². The first kappa shape index (κ1) is 16.0. The normalized spacial score (nSPS) is 11.2. The Labute approximate surface area is 117 Å². The Morgan fingerprint density at radius 3 is 2.74 bits per heavy atom. The molecule has 0 radical (unpaired) electrons. The van der Waals surface area contributed by atoms with Crippen molar-refractivity contribution in [1.29, 1.82) is 0 Å². The molecule has 0 saturated heterocycles. The monoisotopic (exact) mass is 268 g/mol. The van der Waals surface area contributed by atoms with Crippen molar-refractivity contribution in [2.75, 3.05) is 45.2 Å². The fourth-order valence-electron chi connectivity index (χ4n) is 2.10. The second-order valence-corrected chi connectivity index (χ2v) is 4.70. The van der Waals surface area contributed by atoms with E-state index in [2.05, 4.69) is 39.8 Å². The number of likely N-dealkylation sites (N-methyl/N-ethyl adjacent to an activating group) is 1. The van der Waals surface area contributed by atoms with Crippen molar-refractivity contribution in [3.05, 3.63) is 11.9 Å². The van der Waals surface area contributed by atoms with Gasteiger partial charge in [0.05, 0.1) is 5.69 Å². The average Bonchev–Trinajstić information content (AvgIpc) is 2.75. The van der Waals surface area contributed by atoms with E-state index in [-0.39, 0.29) is 0 Å². The molecule has 0 saturated carbocycles. The van der Waals surface area contributed by atoms with Crippen molar-refractivity contribution in [3.8, 4) is 0 Å². The van der Waals surface area contributed by atoms with E-state index >= 15 is 0 Å². The van der Waals surface area contributed by atoms with E-state index in [1.165, 1.54) is 0 Å². The molecule has 5 heteroatoms. The summed E-state index contributed by atoms with van der Waals surface area (Å²) in [6.45, 7) is 12.3. The molecule has 19 heavy (non-hydrogen) atoms. The van der Waals surface area contributed by atoms with Gasteiger partial charge in [0.2, 0.25) is 5.95 Å². The number of ether oxygens (including phenoxy) is 1. The molecule has 0 unspecified atom stereocenters. The van der Waals surface area contributed by atoms with E-state index < -0.39 is 0 Å². The standard InChI is InChI=1S/C14H28N4O/c1-5-17(6-2)10-8-15-14-16-13(3)12-18(14)9-7-11-19-4/h12H,5-11H2,1-4H3,(H,15,16). The van der Waals surface area contributed by atoms with Gasteiger partial charge in [-0.15, -0.1) is 0 Å². The molecule has 5 nitrogen and oxygen atoms in total. The number of methoxy groups -OCH3 is 1. The first-order valence-electron chi connectivity index (χ1n) is 7.20. The Bertz CT molecular complexity index is 347. The molecule has 0 aliphatic carbocycles. The average molecular weight is 268 g/mol. The van der Waals surface area contributed by atoms with Gasteiger partial charge in [0, 0.05) is 39.5 Å². The van der Waals surface area contributed by atoms with Gasteiger partial charge < -0.3 is 19.5 Å². The summed E-state index contributed by atoms with van der Waals surface area (Å²) >= 11 is 0. The van der Waals surface area contributed by atoms with Gasteiger partial charge in [-0.1, -0.05) is 13.8 Å². The molecule has 0 fully saturated rings. The molecular formula is C14H28N4O. The summed E-state index contributed by atoms with van der Waals surface area (Å²) in [6.07, 6.45) is 3.10. The molecule has 0 bridgehead atoms. The third-order valence-corrected chi connectivity index (χ3v) is 3.25. The molecule has 0 aromatic carbocycles. The van der Waals surface area contributed by atoms with Crippen molar-refractivity contribution in [1.82, 2.24) is 14.5 Å². The Morgan fingerprint density at radius 2 is 2.11 bits per heavy atom. The largest absolute Gasteiger partial charge is 0.385 e. The zero-order valence-electron chi connectivity index (χ0n) is 12.8. The first-order valence-corrected chi connectivity index (χ1v) is 7.20. The van der Waals surface area contributed by atoms with Crippen LogP contribution in [0.5, 0.6) is 0 Å². The second-order valence-electron chi connectivity index (χ2n) is 4.70. The van der Waals surface area contributed by atoms with Crippen LogP contribution in [0.3, 0.4) is 0 Å². The predicted octanol–water partition coefficient (Wildman–Crippen LogP) is 1.98. The molecule has 0 amide bonds. The molecule has 1 rings (SSSR count). The van der Waals surface area contributed by atoms with Crippen LogP contribution in [0.1, 0.15) is 26.0 Å². The molecule has 1 aromatic rings. The quantitative estimate of drug-likeness (QED) is 0.659. The Morgan fingerprint density at radius 1 is 1.37 bits per heavy atom. The maximum atomic E-state index is 5.09. The van der Waals surface area contributed by atoms with Gasteiger partial charge in [-0.2, -0.15) is 0 Å². The Balaban J connectivity index is 2.43. The maximum Gasteiger partial charge on any atom is 0.203 e. The van der Waals surface area contributed by atoms with E-state index in [9.17, 15) is 0 Å². The molecular weight excluding hydrogens is 240 g/mol. The van der Waals surface area contributed by atoms with Crippen molar-refractivity contribution < 1.29 is 4.74 Å². The third kappa shape index (κ3) is 5.61. The number of rotatable bonds is 10. The van der Waals surface area contributed by atoms with Crippen LogP contribution in [-0.2, 0) is 11.3 Å². The lowest BCUT2D eigenvalue weighted by Gasteiger charge is -2.18. The van der Waals surface area contributed by atoms with Crippen molar-refractivity contribution in [3.63, 3.8) is 0 Å². The number of hydrogen-bond donors (Lipinski definition) is 1. The highest BCUT2D eigenvalue weighted by Gasteiger charge is 2.05. The van der Waals surface area contributed by atoms with Gasteiger partial charge in [-0.25, -0.2) is 4.98 Å². The number of anilines is 1. The van der Waals surface area contributed by atoms with Crippen LogP contribution in [0.15, 0.2) is 6.20 Å². The predicted molar refractivity (Wildman–Crippen MR) is 79.7 cm³/mol. The lowest BCUT2D eigenvalue weighted by molar-refractivity contribution is 0.190. The number of nitrogens with one attached hydrogen (secondary N) is 1. The van der Waals surface area contributed by atoms with E-state index in [1.807, 2.05) is 6.92 Å². The van der Waals surface area contributed by atoms with Gasteiger partial charge >= 0.3 is 0 Å². The highest BCUT2D eigenvalue weighted by molar-refractivity contribution is 5.28. The van der Waals surface area contributed by atoms with Gasteiger partial charge in [0.1, 0.15) is 0 Å². The Kier molecular flexibility index (Phi) is 7.52. The SMILES string of the molecule is CCN(CC)CCNc1nc(C)cn1CCCOC. The van der Waals surface area contributed by atoms with Crippen molar-refractivity contribution in [2.24, 2.45) is 0 Å². The smallest absolute Gasteiger partial charge is 0.203 e. The minimum Gasteiger partial charge on any atom is -0.385 e. The summed E-state index contributed by atoms with van der Waals surface area (Å²) in [5, 5.41) is 3.43. The summed E-state index contributed by atoms with van der Waals surface area (Å²) in [5.41, 5.74) is 1.06. The molecule has 0 atom stereocenters. The van der Waals surface area contributed by atoms with Crippen LogP contribution in [0, 0.1) is 6.92 Å². The van der Waals surface area contributed by atoms with Crippen LogP contribution >= 0.6 is 0 Å². The van der Waals surface area contributed by atoms with E-state index in [1.54, 1.807) is 7.11 Å².